The van der Waals surface area contributed by atoms with Gasteiger partial charge in [-0.3, -0.25) is 4.79 Å². The van der Waals surface area contributed by atoms with Crippen molar-refractivity contribution in [3.63, 3.8) is 0 Å². The number of anilines is 1. The minimum Gasteiger partial charge on any atom is -0.326 e. The molecular weight excluding hydrogens is 371 g/mol. The lowest BCUT2D eigenvalue weighted by Crippen LogP contribution is -2.36. The van der Waals surface area contributed by atoms with Crippen LogP contribution in [-0.4, -0.2) is 51.0 Å². The Labute approximate surface area is 155 Å². The SMILES string of the molecule is CS(=O)(=O)c1ccc(NC(=O)CC2CCN(CCCl)CC2)cc1.Cl. The van der Waals surface area contributed by atoms with E-state index >= 15 is 0 Å². The van der Waals surface area contributed by atoms with E-state index in [0.717, 1.165) is 38.7 Å². The summed E-state index contributed by atoms with van der Waals surface area (Å²) in [4.78, 5) is 14.7. The van der Waals surface area contributed by atoms with Crippen LogP contribution in [0.5, 0.6) is 0 Å². The molecule has 0 saturated carbocycles. The fourth-order valence-corrected chi connectivity index (χ4v) is 3.66. The quantitative estimate of drug-likeness (QED) is 0.753. The van der Waals surface area contributed by atoms with E-state index in [1.807, 2.05) is 0 Å². The van der Waals surface area contributed by atoms with Crippen LogP contribution in [0.2, 0.25) is 0 Å². The first kappa shape index (κ1) is 21.2. The van der Waals surface area contributed by atoms with Crippen LogP contribution in [0.25, 0.3) is 0 Å². The highest BCUT2D eigenvalue weighted by Crippen LogP contribution is 2.21. The third kappa shape index (κ3) is 6.59. The van der Waals surface area contributed by atoms with E-state index in [2.05, 4.69) is 10.2 Å². The van der Waals surface area contributed by atoms with Gasteiger partial charge in [0, 0.05) is 30.8 Å². The number of sulfone groups is 1. The molecule has 1 saturated heterocycles. The molecule has 0 spiro atoms. The van der Waals surface area contributed by atoms with Crippen LogP contribution in [0.3, 0.4) is 0 Å². The van der Waals surface area contributed by atoms with E-state index < -0.39 is 9.84 Å². The lowest BCUT2D eigenvalue weighted by atomic mass is 9.93. The largest absolute Gasteiger partial charge is 0.326 e. The molecule has 1 aliphatic heterocycles. The molecule has 1 aromatic rings. The second-order valence-corrected chi connectivity index (χ2v) is 8.42. The summed E-state index contributed by atoms with van der Waals surface area (Å²) in [5.74, 6) is 1.03. The number of halogens is 2. The number of hydrogen-bond donors (Lipinski definition) is 1. The maximum atomic E-state index is 12.1. The molecule has 8 heteroatoms. The van der Waals surface area contributed by atoms with Crippen molar-refractivity contribution in [3.05, 3.63) is 24.3 Å². The van der Waals surface area contributed by atoms with Gasteiger partial charge in [0.05, 0.1) is 4.90 Å². The van der Waals surface area contributed by atoms with Crippen LogP contribution < -0.4 is 5.32 Å². The normalized spacial score (nSPS) is 16.4. The summed E-state index contributed by atoms with van der Waals surface area (Å²) in [6.07, 6.45) is 3.69. The first-order valence-electron chi connectivity index (χ1n) is 7.77. The van der Waals surface area contributed by atoms with E-state index in [1.54, 1.807) is 12.1 Å². The number of amides is 1. The van der Waals surface area contributed by atoms with Crippen molar-refractivity contribution in [2.45, 2.75) is 24.2 Å². The van der Waals surface area contributed by atoms with Gasteiger partial charge >= 0.3 is 0 Å². The van der Waals surface area contributed by atoms with Crippen LogP contribution in [0, 0.1) is 5.92 Å². The van der Waals surface area contributed by atoms with Crippen molar-refractivity contribution in [2.24, 2.45) is 5.92 Å². The predicted octanol–water partition coefficient (Wildman–Crippen LogP) is 2.79. The highest BCUT2D eigenvalue weighted by molar-refractivity contribution is 7.90. The van der Waals surface area contributed by atoms with Crippen molar-refractivity contribution in [1.82, 2.24) is 4.90 Å². The summed E-state index contributed by atoms with van der Waals surface area (Å²) < 4.78 is 22.8. The zero-order chi connectivity index (χ0) is 16.9. The Kier molecular flexibility index (Phi) is 8.50. The Bertz CT molecular complexity index is 627. The van der Waals surface area contributed by atoms with Gasteiger partial charge in [-0.1, -0.05) is 0 Å². The Morgan fingerprint density at radius 3 is 2.33 bits per heavy atom. The van der Waals surface area contributed by atoms with Crippen LogP contribution >= 0.6 is 24.0 Å². The molecule has 5 nitrogen and oxygen atoms in total. The number of alkyl halides is 1. The average molecular weight is 395 g/mol. The van der Waals surface area contributed by atoms with Crippen molar-refractivity contribution in [2.75, 3.05) is 37.1 Å². The topological polar surface area (TPSA) is 66.5 Å². The van der Waals surface area contributed by atoms with E-state index in [-0.39, 0.29) is 23.2 Å². The molecule has 24 heavy (non-hydrogen) atoms. The molecule has 1 heterocycles. The third-order valence-corrected chi connectivity index (χ3v) is 5.45. The monoisotopic (exact) mass is 394 g/mol. The molecule has 1 aliphatic rings. The summed E-state index contributed by atoms with van der Waals surface area (Å²) in [5, 5.41) is 2.84. The van der Waals surface area contributed by atoms with E-state index in [1.165, 1.54) is 12.1 Å². The first-order valence-corrected chi connectivity index (χ1v) is 10.2. The van der Waals surface area contributed by atoms with Gasteiger partial charge in [0.2, 0.25) is 5.91 Å². The summed E-state index contributed by atoms with van der Waals surface area (Å²) in [5.41, 5.74) is 0.627. The van der Waals surface area contributed by atoms with Crippen LogP contribution in [-0.2, 0) is 14.6 Å². The van der Waals surface area contributed by atoms with Gasteiger partial charge in [0.25, 0.3) is 0 Å². The fourth-order valence-electron chi connectivity index (χ4n) is 2.79. The van der Waals surface area contributed by atoms with E-state index in [9.17, 15) is 13.2 Å². The lowest BCUT2D eigenvalue weighted by molar-refractivity contribution is -0.117. The Morgan fingerprint density at radius 1 is 1.25 bits per heavy atom. The highest BCUT2D eigenvalue weighted by Gasteiger charge is 2.21. The second-order valence-electron chi connectivity index (χ2n) is 6.02. The van der Waals surface area contributed by atoms with E-state index in [0.29, 0.717) is 23.9 Å². The van der Waals surface area contributed by atoms with Crippen LogP contribution in [0.1, 0.15) is 19.3 Å². The molecule has 0 aliphatic carbocycles. The van der Waals surface area contributed by atoms with Crippen molar-refractivity contribution < 1.29 is 13.2 Å². The Balaban J connectivity index is 0.00000288. The maximum absolute atomic E-state index is 12.1. The highest BCUT2D eigenvalue weighted by atomic mass is 35.5. The molecule has 0 bridgehead atoms. The minimum absolute atomic E-state index is 0. The standard InChI is InChI=1S/C16H23ClN2O3S.ClH/c1-23(21,22)15-4-2-14(3-5-15)18-16(20)12-13-6-9-19(10-7-13)11-8-17;/h2-5,13H,6-12H2,1H3,(H,18,20);1H. The summed E-state index contributed by atoms with van der Waals surface area (Å²) in [6.45, 7) is 2.90. The molecule has 0 atom stereocenters. The van der Waals surface area contributed by atoms with Gasteiger partial charge in [-0.05, 0) is 56.1 Å². The van der Waals surface area contributed by atoms with Crippen molar-refractivity contribution in [3.8, 4) is 0 Å². The predicted molar refractivity (Wildman–Crippen MR) is 99.9 cm³/mol. The van der Waals surface area contributed by atoms with Gasteiger partial charge in [-0.25, -0.2) is 8.42 Å². The minimum atomic E-state index is -3.21. The lowest BCUT2D eigenvalue weighted by Gasteiger charge is -2.31. The molecular formula is C16H24Cl2N2O3S. The van der Waals surface area contributed by atoms with Crippen LogP contribution in [0.15, 0.2) is 29.2 Å². The molecule has 1 amide bonds. The van der Waals surface area contributed by atoms with Crippen LogP contribution in [0.4, 0.5) is 5.69 Å². The molecule has 0 radical (unpaired) electrons. The molecule has 0 aromatic heterocycles. The zero-order valence-corrected chi connectivity index (χ0v) is 16.1. The van der Waals surface area contributed by atoms with Crippen molar-refractivity contribution >= 4 is 45.4 Å². The smallest absolute Gasteiger partial charge is 0.224 e. The Morgan fingerprint density at radius 2 is 1.83 bits per heavy atom. The molecule has 1 fully saturated rings. The molecule has 1 N–H and O–H groups in total. The molecule has 0 unspecified atom stereocenters. The molecule has 136 valence electrons. The number of benzene rings is 1. The van der Waals surface area contributed by atoms with Gasteiger partial charge in [-0.2, -0.15) is 0 Å². The third-order valence-electron chi connectivity index (χ3n) is 4.15. The number of hydrogen-bond acceptors (Lipinski definition) is 4. The summed E-state index contributed by atoms with van der Waals surface area (Å²) in [7, 11) is -3.21. The zero-order valence-electron chi connectivity index (χ0n) is 13.7. The van der Waals surface area contributed by atoms with Gasteiger partial charge < -0.3 is 10.2 Å². The van der Waals surface area contributed by atoms with Gasteiger partial charge in [-0.15, -0.1) is 24.0 Å². The number of carbonyl (C=O) groups excluding carboxylic acids is 1. The average Bonchev–Trinajstić information content (AvgIpc) is 2.49. The summed E-state index contributed by atoms with van der Waals surface area (Å²) in [6, 6.07) is 6.26. The second kappa shape index (κ2) is 9.61. The number of likely N-dealkylation sites (tertiary alicyclic amines) is 1. The fraction of sp³-hybridized carbons (Fsp3) is 0.562. The Hall–Kier alpha value is -0.820. The van der Waals surface area contributed by atoms with Gasteiger partial charge in [0.15, 0.2) is 9.84 Å². The number of nitrogens with zero attached hydrogens (tertiary/aromatic N) is 1. The molecule has 2 rings (SSSR count). The number of nitrogens with one attached hydrogen (secondary N) is 1. The van der Waals surface area contributed by atoms with Gasteiger partial charge in [0.1, 0.15) is 0 Å². The first-order chi connectivity index (χ1) is 10.9. The van der Waals surface area contributed by atoms with E-state index in [4.69, 9.17) is 11.6 Å². The number of carbonyl (C=O) groups is 1. The summed E-state index contributed by atoms with van der Waals surface area (Å²) >= 11 is 5.74. The number of piperidine rings is 1. The number of rotatable bonds is 6. The van der Waals surface area contributed by atoms with Crippen molar-refractivity contribution in [1.29, 1.82) is 0 Å². The maximum Gasteiger partial charge on any atom is 0.224 e. The molecule has 1 aromatic carbocycles.